The Balaban J connectivity index is 1.52. The Bertz CT molecular complexity index is 1210. The second-order valence-electron chi connectivity index (χ2n) is 8.98. The zero-order valence-corrected chi connectivity index (χ0v) is 21.2. The van der Waals surface area contributed by atoms with E-state index < -0.39 is 0 Å². The Labute approximate surface area is 207 Å². The van der Waals surface area contributed by atoms with Crippen LogP contribution in [-0.4, -0.2) is 65.4 Å². The highest BCUT2D eigenvalue weighted by molar-refractivity contribution is 9.10. The third-order valence-electron chi connectivity index (χ3n) is 5.67. The molecule has 0 atom stereocenters. The molecule has 0 spiro atoms. The van der Waals surface area contributed by atoms with Crippen LogP contribution in [0.4, 0.5) is 5.82 Å². The van der Waals surface area contributed by atoms with E-state index >= 15 is 0 Å². The molecule has 3 aromatic rings. The summed E-state index contributed by atoms with van der Waals surface area (Å²) in [7, 11) is 2.15. The topological polar surface area (TPSA) is 102 Å². The first kappa shape index (κ1) is 24.1. The highest BCUT2D eigenvalue weighted by atomic mass is 79.9. The molecule has 0 aliphatic carbocycles. The molecule has 1 aromatic carbocycles. The van der Waals surface area contributed by atoms with Gasteiger partial charge in [0, 0.05) is 50.9 Å². The number of carbonyl (C=O) groups excluding carboxylic acids is 1. The Hall–Kier alpha value is -3.00. The van der Waals surface area contributed by atoms with E-state index in [1.165, 1.54) is 11.8 Å². The average molecular weight is 526 g/mol. The van der Waals surface area contributed by atoms with E-state index in [0.717, 1.165) is 38.1 Å². The number of piperazine rings is 1. The summed E-state index contributed by atoms with van der Waals surface area (Å²) in [5, 5.41) is 11.7. The molecule has 4 rings (SSSR count). The Morgan fingerprint density at radius 1 is 1.29 bits per heavy atom. The number of rotatable bonds is 7. The van der Waals surface area contributed by atoms with Crippen LogP contribution in [0.2, 0.25) is 0 Å². The van der Waals surface area contributed by atoms with Gasteiger partial charge in [0.2, 0.25) is 5.82 Å². The molecule has 1 aliphatic heterocycles. The lowest BCUT2D eigenvalue weighted by molar-refractivity contribution is 0.0921. The van der Waals surface area contributed by atoms with Crippen molar-refractivity contribution in [1.82, 2.24) is 25.2 Å². The molecular weight excluding hydrogens is 498 g/mol. The third kappa shape index (κ3) is 5.73. The molecule has 1 aliphatic rings. The average Bonchev–Trinajstić information content (AvgIpc) is 3.24. The fourth-order valence-electron chi connectivity index (χ4n) is 3.90. The molecule has 0 radical (unpaired) electrons. The zero-order valence-electron chi connectivity index (χ0n) is 19.6. The van der Waals surface area contributed by atoms with Crippen LogP contribution >= 0.6 is 15.9 Å². The third-order valence-corrected chi connectivity index (χ3v) is 6.23. The maximum atomic E-state index is 13.1. The number of likely N-dealkylation sites (N-methyl/N-ethyl adjacent to an activating group) is 1. The van der Waals surface area contributed by atoms with Crippen LogP contribution in [0.3, 0.4) is 0 Å². The minimum absolute atomic E-state index is 0.0258. The summed E-state index contributed by atoms with van der Waals surface area (Å²) in [5.41, 5.74) is 4.74. The van der Waals surface area contributed by atoms with Crippen LogP contribution in [0.1, 0.15) is 35.8 Å². The predicted molar refractivity (Wildman–Crippen MR) is 133 cm³/mol. The first-order chi connectivity index (χ1) is 16.3. The number of hydrazine groups is 1. The number of nitriles is 1. The van der Waals surface area contributed by atoms with Gasteiger partial charge in [0.25, 0.3) is 0 Å². The first-order valence-corrected chi connectivity index (χ1v) is 12.1. The van der Waals surface area contributed by atoms with Crippen molar-refractivity contribution < 1.29 is 9.21 Å². The number of hydrogen-bond donors (Lipinski definition) is 1. The van der Waals surface area contributed by atoms with E-state index in [4.69, 9.17) is 4.42 Å². The van der Waals surface area contributed by atoms with Gasteiger partial charge >= 0.3 is 5.91 Å². The minimum atomic E-state index is -0.388. The van der Waals surface area contributed by atoms with Crippen molar-refractivity contribution in [3.63, 3.8) is 0 Å². The number of anilines is 1. The van der Waals surface area contributed by atoms with Crippen LogP contribution < -0.4 is 10.4 Å². The molecule has 10 heteroatoms. The summed E-state index contributed by atoms with van der Waals surface area (Å²) in [4.78, 5) is 26.1. The molecule has 1 saturated heterocycles. The van der Waals surface area contributed by atoms with Crippen molar-refractivity contribution >= 4 is 38.6 Å². The van der Waals surface area contributed by atoms with Gasteiger partial charge in [0.15, 0.2) is 11.6 Å². The van der Waals surface area contributed by atoms with Gasteiger partial charge in [-0.3, -0.25) is 20.1 Å². The molecular formula is C24H28BrN7O2. The van der Waals surface area contributed by atoms with Crippen LogP contribution in [0.15, 0.2) is 39.4 Å². The molecule has 178 valence electrons. The maximum Gasteiger partial charge on any atom is 0.305 e. The fraction of sp³-hybridized carbons (Fsp3) is 0.417. The van der Waals surface area contributed by atoms with Crippen molar-refractivity contribution in [3.05, 3.63) is 52.1 Å². The van der Waals surface area contributed by atoms with Gasteiger partial charge in [-0.25, -0.2) is 4.98 Å². The first-order valence-electron chi connectivity index (χ1n) is 11.3. The van der Waals surface area contributed by atoms with Gasteiger partial charge < -0.3 is 9.32 Å². The number of hydrogen-bond acceptors (Lipinski definition) is 8. The summed E-state index contributed by atoms with van der Waals surface area (Å²) in [6.07, 6.45) is 1.50. The standard InChI is InChI=1S/C24H28BrN7O2/c1-16(2)14-32(23-19(25)13-27-22(12-26)28-23)29-24(33)21-11-18-10-17(4-5-20(18)34-21)15-31-8-6-30(3)7-9-31/h4-5,10-11,13,16H,6-9,14-15H2,1-3H3,(H,29,33). The number of furan rings is 1. The quantitative estimate of drug-likeness (QED) is 0.468. The molecule has 0 saturated carbocycles. The largest absolute Gasteiger partial charge is 0.451 e. The molecule has 9 nitrogen and oxygen atoms in total. The molecule has 1 amide bonds. The van der Waals surface area contributed by atoms with E-state index in [9.17, 15) is 10.1 Å². The van der Waals surface area contributed by atoms with E-state index in [0.29, 0.717) is 22.4 Å². The Morgan fingerprint density at radius 2 is 2.06 bits per heavy atom. The number of benzene rings is 1. The number of fused-ring (bicyclic) bond motifs is 1. The lowest BCUT2D eigenvalue weighted by Gasteiger charge is -2.32. The number of nitrogens with zero attached hydrogens (tertiary/aromatic N) is 6. The van der Waals surface area contributed by atoms with Gasteiger partial charge in [-0.15, -0.1) is 0 Å². The Kier molecular flexibility index (Phi) is 7.46. The normalized spacial score (nSPS) is 14.9. The maximum absolute atomic E-state index is 13.1. The van der Waals surface area contributed by atoms with Gasteiger partial charge in [-0.05, 0) is 52.7 Å². The number of nitrogens with one attached hydrogen (secondary N) is 1. The zero-order chi connectivity index (χ0) is 24.2. The van der Waals surface area contributed by atoms with E-state index in [-0.39, 0.29) is 23.4 Å². The number of halogens is 1. The molecule has 2 aromatic heterocycles. The fourth-order valence-corrected chi connectivity index (χ4v) is 4.30. The summed E-state index contributed by atoms with van der Waals surface area (Å²) in [6, 6.07) is 9.76. The SMILES string of the molecule is CC(C)CN(NC(=O)c1cc2cc(CN3CCN(C)CC3)ccc2o1)c1nc(C#N)ncc1Br. The van der Waals surface area contributed by atoms with E-state index in [2.05, 4.69) is 60.3 Å². The van der Waals surface area contributed by atoms with Crippen molar-refractivity contribution in [2.75, 3.05) is 44.8 Å². The number of aromatic nitrogens is 2. The Morgan fingerprint density at radius 3 is 2.76 bits per heavy atom. The molecule has 0 bridgehead atoms. The molecule has 1 fully saturated rings. The summed E-state index contributed by atoms with van der Waals surface area (Å²) >= 11 is 3.42. The lowest BCUT2D eigenvalue weighted by Crippen LogP contribution is -2.45. The second kappa shape index (κ2) is 10.5. The minimum Gasteiger partial charge on any atom is -0.451 e. The van der Waals surface area contributed by atoms with Crippen molar-refractivity contribution in [1.29, 1.82) is 5.26 Å². The van der Waals surface area contributed by atoms with Crippen molar-refractivity contribution in [3.8, 4) is 6.07 Å². The predicted octanol–water partition coefficient (Wildman–Crippen LogP) is 3.41. The number of amides is 1. The van der Waals surface area contributed by atoms with Crippen LogP contribution in [0.5, 0.6) is 0 Å². The smallest absolute Gasteiger partial charge is 0.305 e. The van der Waals surface area contributed by atoms with Crippen molar-refractivity contribution in [2.24, 2.45) is 5.92 Å². The summed E-state index contributed by atoms with van der Waals surface area (Å²) in [5.74, 6) is 0.491. The van der Waals surface area contributed by atoms with Crippen LogP contribution in [0.25, 0.3) is 11.0 Å². The van der Waals surface area contributed by atoms with E-state index in [1.807, 2.05) is 26.0 Å². The highest BCUT2D eigenvalue weighted by Crippen LogP contribution is 2.25. The molecule has 34 heavy (non-hydrogen) atoms. The van der Waals surface area contributed by atoms with Crippen LogP contribution in [0, 0.1) is 17.2 Å². The van der Waals surface area contributed by atoms with Crippen molar-refractivity contribution in [2.45, 2.75) is 20.4 Å². The van der Waals surface area contributed by atoms with Gasteiger partial charge in [-0.2, -0.15) is 10.2 Å². The van der Waals surface area contributed by atoms with Crippen LogP contribution in [-0.2, 0) is 6.54 Å². The lowest BCUT2D eigenvalue weighted by atomic mass is 10.1. The summed E-state index contributed by atoms with van der Waals surface area (Å²) in [6.45, 7) is 9.66. The number of carbonyl (C=O) groups is 1. The summed E-state index contributed by atoms with van der Waals surface area (Å²) < 4.78 is 6.42. The molecule has 3 heterocycles. The highest BCUT2D eigenvalue weighted by Gasteiger charge is 2.21. The van der Waals surface area contributed by atoms with Gasteiger partial charge in [-0.1, -0.05) is 19.9 Å². The second-order valence-corrected chi connectivity index (χ2v) is 9.84. The van der Waals surface area contributed by atoms with Gasteiger partial charge in [0.1, 0.15) is 11.7 Å². The van der Waals surface area contributed by atoms with E-state index in [1.54, 1.807) is 11.1 Å². The molecule has 1 N–H and O–H groups in total. The van der Waals surface area contributed by atoms with Gasteiger partial charge in [0.05, 0.1) is 4.47 Å². The molecule has 0 unspecified atom stereocenters. The monoisotopic (exact) mass is 525 g/mol.